The molecule has 2 heterocycles. The maximum Gasteiger partial charge on any atom is 0.246 e. The summed E-state index contributed by atoms with van der Waals surface area (Å²) in [4.78, 5) is 15.2. The number of carbonyl (C=O) groups excluding carboxylic acids is 1. The molecular formula is C31H34N2O6S. The van der Waals surface area contributed by atoms with Crippen LogP contribution in [0.2, 0.25) is 0 Å². The van der Waals surface area contributed by atoms with Crippen molar-refractivity contribution in [3.05, 3.63) is 89.9 Å². The Hall–Kier alpha value is -3.40. The molecule has 1 aliphatic heterocycles. The number of carbonyl (C=O) groups is 1. The molecule has 2 aromatic carbocycles. The molecule has 0 spiro atoms. The Bertz CT molecular complexity index is 1540. The van der Waals surface area contributed by atoms with Crippen molar-refractivity contribution in [2.45, 2.75) is 60.1 Å². The molecule has 2 fully saturated rings. The molecule has 2 aliphatic carbocycles. The summed E-state index contributed by atoms with van der Waals surface area (Å²) in [5, 5.41) is 12.6. The fourth-order valence-electron chi connectivity index (χ4n) is 7.25. The van der Waals surface area contributed by atoms with Gasteiger partial charge < -0.3 is 19.2 Å². The average molecular weight is 563 g/mol. The monoisotopic (exact) mass is 562 g/mol. The number of ether oxygens (including phenoxy) is 1. The Balaban J connectivity index is 1.39. The van der Waals surface area contributed by atoms with Crippen LogP contribution in [0.25, 0.3) is 6.08 Å². The molecule has 1 saturated carbocycles. The zero-order chi connectivity index (χ0) is 28.1. The molecule has 0 radical (unpaired) electrons. The minimum absolute atomic E-state index is 0.128. The van der Waals surface area contributed by atoms with E-state index in [1.54, 1.807) is 80.1 Å². The number of sulfonamides is 1. The first-order valence-electron chi connectivity index (χ1n) is 13.6. The first-order valence-corrected chi connectivity index (χ1v) is 15.1. The van der Waals surface area contributed by atoms with Gasteiger partial charge in [-0.15, -0.1) is 0 Å². The van der Waals surface area contributed by atoms with Gasteiger partial charge in [0.25, 0.3) is 0 Å². The number of hydrogen-bond donors (Lipinski definition) is 1. The zero-order valence-electron chi connectivity index (χ0n) is 22.7. The molecule has 1 N–H and O–H groups in total. The van der Waals surface area contributed by atoms with Gasteiger partial charge in [0, 0.05) is 36.7 Å². The third-order valence-corrected chi connectivity index (χ3v) is 11.3. The molecule has 1 saturated heterocycles. The number of rotatable bonds is 6. The quantitative estimate of drug-likeness (QED) is 0.456. The lowest BCUT2D eigenvalue weighted by Crippen LogP contribution is -2.74. The van der Waals surface area contributed by atoms with E-state index in [-0.39, 0.29) is 23.4 Å². The highest BCUT2D eigenvalue weighted by atomic mass is 32.2. The molecule has 4 atom stereocenters. The van der Waals surface area contributed by atoms with Gasteiger partial charge in [-0.3, -0.25) is 4.79 Å². The summed E-state index contributed by atoms with van der Waals surface area (Å²) in [6, 6.07) is 15.4. The van der Waals surface area contributed by atoms with Gasteiger partial charge in [0.2, 0.25) is 15.9 Å². The van der Waals surface area contributed by atoms with Gasteiger partial charge in [0.15, 0.2) is 0 Å². The number of piperidine rings is 1. The van der Waals surface area contributed by atoms with Crippen LogP contribution in [0, 0.1) is 0 Å². The standard InChI is InChI=1S/C31H34N2O6S/c1-32(29(34)11-8-22-13-17-39-21-22)24-12-14-31(35)28-18-23-9-10-25(38-2)19-27(23)30(31,20-24)15-16-33(28)40(36,37)26-6-4-3-5-7-26/h3-11,13,17,19,21,24,28,35H,12,14-16,18,20H2,1-2H3/b11-8+/t24-,28+,30+,31+/m0/s1. The van der Waals surface area contributed by atoms with E-state index >= 15 is 0 Å². The maximum absolute atomic E-state index is 13.9. The molecule has 3 aromatic rings. The van der Waals surface area contributed by atoms with E-state index in [1.165, 1.54) is 4.31 Å². The first-order chi connectivity index (χ1) is 19.2. The summed E-state index contributed by atoms with van der Waals surface area (Å²) in [7, 11) is -0.404. The van der Waals surface area contributed by atoms with Gasteiger partial charge >= 0.3 is 0 Å². The number of fused-ring (bicyclic) bond motifs is 1. The Kier molecular flexibility index (Phi) is 6.64. The van der Waals surface area contributed by atoms with Crippen LogP contribution < -0.4 is 4.74 Å². The molecule has 210 valence electrons. The van der Waals surface area contributed by atoms with Gasteiger partial charge in [0.05, 0.1) is 36.2 Å². The average Bonchev–Trinajstić information content (AvgIpc) is 3.49. The van der Waals surface area contributed by atoms with E-state index in [0.717, 1.165) is 16.7 Å². The number of amides is 1. The highest BCUT2D eigenvalue weighted by Gasteiger charge is 2.66. The van der Waals surface area contributed by atoms with Crippen LogP contribution in [0.15, 0.2) is 82.5 Å². The third kappa shape index (κ3) is 4.10. The number of nitrogens with zero attached hydrogens (tertiary/aromatic N) is 2. The van der Waals surface area contributed by atoms with Crippen LogP contribution in [0.4, 0.5) is 0 Å². The smallest absolute Gasteiger partial charge is 0.246 e. The van der Waals surface area contributed by atoms with Crippen molar-refractivity contribution in [1.29, 1.82) is 0 Å². The number of likely N-dealkylation sites (N-methyl/N-ethyl adjacent to an activating group) is 1. The summed E-state index contributed by atoms with van der Waals surface area (Å²) in [6.07, 6.45) is 8.73. The molecule has 2 bridgehead atoms. The van der Waals surface area contributed by atoms with Crippen LogP contribution in [-0.4, -0.2) is 67.0 Å². The topological polar surface area (TPSA) is 100 Å². The minimum atomic E-state index is -3.83. The zero-order valence-corrected chi connectivity index (χ0v) is 23.5. The number of methoxy groups -OCH3 is 1. The Morgan fingerprint density at radius 3 is 2.70 bits per heavy atom. The largest absolute Gasteiger partial charge is 0.497 e. The Morgan fingerprint density at radius 2 is 1.98 bits per heavy atom. The number of benzene rings is 2. The summed E-state index contributed by atoms with van der Waals surface area (Å²) in [5.41, 5.74) is 0.800. The maximum atomic E-state index is 13.9. The predicted octanol–water partition coefficient (Wildman–Crippen LogP) is 4.00. The highest BCUT2D eigenvalue weighted by molar-refractivity contribution is 7.89. The van der Waals surface area contributed by atoms with E-state index in [1.807, 2.05) is 18.2 Å². The van der Waals surface area contributed by atoms with Gasteiger partial charge in [-0.25, -0.2) is 8.42 Å². The van der Waals surface area contributed by atoms with Gasteiger partial charge in [-0.1, -0.05) is 24.3 Å². The van der Waals surface area contributed by atoms with Gasteiger partial charge in [-0.2, -0.15) is 4.31 Å². The van der Waals surface area contributed by atoms with E-state index in [4.69, 9.17) is 9.15 Å². The van der Waals surface area contributed by atoms with Crippen molar-refractivity contribution in [3.8, 4) is 5.75 Å². The normalized spacial score (nSPS) is 28.1. The van der Waals surface area contributed by atoms with Gasteiger partial charge in [0.1, 0.15) is 5.75 Å². The number of hydrogen-bond acceptors (Lipinski definition) is 6. The van der Waals surface area contributed by atoms with Crippen molar-refractivity contribution >= 4 is 22.0 Å². The first kappa shape index (κ1) is 26.8. The summed E-state index contributed by atoms with van der Waals surface area (Å²) < 4.78 is 39.9. The predicted molar refractivity (Wildman–Crippen MR) is 150 cm³/mol. The Morgan fingerprint density at radius 1 is 1.18 bits per heavy atom. The molecule has 1 amide bonds. The third-order valence-electron chi connectivity index (χ3n) is 9.38. The van der Waals surface area contributed by atoms with Crippen LogP contribution in [0.5, 0.6) is 5.75 Å². The van der Waals surface area contributed by atoms with Crippen molar-refractivity contribution in [2.75, 3.05) is 20.7 Å². The lowest BCUT2D eigenvalue weighted by Gasteiger charge is -2.64. The minimum Gasteiger partial charge on any atom is -0.497 e. The lowest BCUT2D eigenvalue weighted by atomic mass is 9.49. The molecule has 1 aromatic heterocycles. The van der Waals surface area contributed by atoms with E-state index in [9.17, 15) is 18.3 Å². The molecule has 0 unspecified atom stereocenters. The second-order valence-electron chi connectivity index (χ2n) is 11.2. The molecule has 8 nitrogen and oxygen atoms in total. The van der Waals surface area contributed by atoms with Crippen LogP contribution in [0.3, 0.4) is 0 Å². The van der Waals surface area contributed by atoms with Gasteiger partial charge in [-0.05, 0) is 79.6 Å². The fourth-order valence-corrected chi connectivity index (χ4v) is 8.94. The number of furan rings is 1. The fraction of sp³-hybridized carbons (Fsp3) is 0.387. The second kappa shape index (κ2) is 9.90. The van der Waals surface area contributed by atoms with E-state index < -0.39 is 27.1 Å². The Labute approximate surface area is 234 Å². The van der Waals surface area contributed by atoms with E-state index in [0.29, 0.717) is 37.9 Å². The van der Waals surface area contributed by atoms with Crippen LogP contribution in [-0.2, 0) is 26.7 Å². The van der Waals surface area contributed by atoms with E-state index in [2.05, 4.69) is 0 Å². The molecule has 6 rings (SSSR count). The van der Waals surface area contributed by atoms with Crippen molar-refractivity contribution in [1.82, 2.24) is 9.21 Å². The van der Waals surface area contributed by atoms with Crippen molar-refractivity contribution in [3.63, 3.8) is 0 Å². The SMILES string of the molecule is COc1ccc2c(c1)[C@]13CCN(S(=O)(=O)c4ccccc4)[C@H](C2)[C@]1(O)CC[C@H](N(C)C(=O)/C=C/c1ccoc1)C3. The van der Waals surface area contributed by atoms with Crippen LogP contribution >= 0.6 is 0 Å². The summed E-state index contributed by atoms with van der Waals surface area (Å²) in [6.45, 7) is 0.283. The van der Waals surface area contributed by atoms with Crippen molar-refractivity contribution < 1.29 is 27.5 Å². The number of aliphatic hydroxyl groups is 1. The van der Waals surface area contributed by atoms with Crippen molar-refractivity contribution in [2.24, 2.45) is 0 Å². The molecule has 40 heavy (non-hydrogen) atoms. The summed E-state index contributed by atoms with van der Waals surface area (Å²) in [5.74, 6) is 0.568. The molecule has 9 heteroatoms. The highest BCUT2D eigenvalue weighted by Crippen LogP contribution is 2.59. The van der Waals surface area contributed by atoms with Crippen LogP contribution in [0.1, 0.15) is 42.4 Å². The lowest BCUT2D eigenvalue weighted by molar-refractivity contribution is -0.162. The second-order valence-corrected chi connectivity index (χ2v) is 13.1. The molecule has 3 aliphatic rings. The molecular weight excluding hydrogens is 528 g/mol. The summed E-state index contributed by atoms with van der Waals surface area (Å²) >= 11 is 0.